The predicted octanol–water partition coefficient (Wildman–Crippen LogP) is 3.61. The summed E-state index contributed by atoms with van der Waals surface area (Å²) in [5.74, 6) is 0.669. The Morgan fingerprint density at radius 2 is 1.81 bits per heavy atom. The van der Waals surface area contributed by atoms with Crippen molar-refractivity contribution in [3.8, 4) is 5.75 Å². The molecule has 2 saturated heterocycles. The minimum Gasteiger partial charge on any atom is -0.489 e. The van der Waals surface area contributed by atoms with Crippen molar-refractivity contribution >= 4 is 11.8 Å². The van der Waals surface area contributed by atoms with Crippen molar-refractivity contribution in [2.24, 2.45) is 0 Å². The summed E-state index contributed by atoms with van der Waals surface area (Å²) in [5.41, 5.74) is 2.39. The van der Waals surface area contributed by atoms with E-state index in [-0.39, 0.29) is 17.9 Å². The summed E-state index contributed by atoms with van der Waals surface area (Å²) in [4.78, 5) is 29.7. The molecule has 3 fully saturated rings. The smallest absolute Gasteiger partial charge is 0.255 e. The van der Waals surface area contributed by atoms with Gasteiger partial charge in [-0.1, -0.05) is 19.4 Å². The van der Waals surface area contributed by atoms with Gasteiger partial charge < -0.3 is 15.0 Å². The van der Waals surface area contributed by atoms with Crippen molar-refractivity contribution in [3.05, 3.63) is 41.6 Å². The molecule has 2 amide bonds. The predicted molar refractivity (Wildman–Crippen MR) is 119 cm³/mol. The van der Waals surface area contributed by atoms with E-state index in [1.54, 1.807) is 4.90 Å². The van der Waals surface area contributed by atoms with Crippen LogP contribution in [0.5, 0.6) is 5.75 Å². The van der Waals surface area contributed by atoms with Crippen molar-refractivity contribution in [1.82, 2.24) is 15.1 Å². The van der Waals surface area contributed by atoms with E-state index in [1.807, 2.05) is 18.2 Å². The van der Waals surface area contributed by atoms with Gasteiger partial charge in [0.25, 0.3) is 5.91 Å². The van der Waals surface area contributed by atoms with Crippen LogP contribution in [0.2, 0.25) is 0 Å². The number of carbonyl (C=O) groups is 2. The molecule has 6 nitrogen and oxygen atoms in total. The summed E-state index contributed by atoms with van der Waals surface area (Å²) in [5, 5.41) is 2.80. The van der Waals surface area contributed by atoms with E-state index in [0.717, 1.165) is 23.4 Å². The fourth-order valence-corrected chi connectivity index (χ4v) is 5.76. The number of hydrogen-bond donors (Lipinski definition) is 1. The highest BCUT2D eigenvalue weighted by Crippen LogP contribution is 2.33. The summed E-state index contributed by atoms with van der Waals surface area (Å²) in [6, 6.07) is 5.92. The number of rotatable bonds is 4. The number of ether oxygens (including phenoxy) is 1. The van der Waals surface area contributed by atoms with Gasteiger partial charge in [-0.05, 0) is 81.8 Å². The molecule has 1 saturated carbocycles. The van der Waals surface area contributed by atoms with Crippen molar-refractivity contribution in [2.75, 3.05) is 13.1 Å². The molecule has 3 atom stereocenters. The minimum absolute atomic E-state index is 0.0573. The molecule has 0 spiro atoms. The number of fused-ring (bicyclic) bond motifs is 1. The topological polar surface area (TPSA) is 61.9 Å². The van der Waals surface area contributed by atoms with E-state index < -0.39 is 6.04 Å². The maximum absolute atomic E-state index is 13.0. The molecule has 31 heavy (non-hydrogen) atoms. The molecule has 1 aliphatic carbocycles. The molecule has 166 valence electrons. The first-order valence-corrected chi connectivity index (χ1v) is 11.9. The maximum atomic E-state index is 13.0. The van der Waals surface area contributed by atoms with Crippen LogP contribution in [0.15, 0.2) is 30.5 Å². The Balaban J connectivity index is 1.29. The summed E-state index contributed by atoms with van der Waals surface area (Å²) < 4.78 is 6.54. The lowest BCUT2D eigenvalue weighted by atomic mass is 9.90. The number of benzene rings is 1. The lowest BCUT2D eigenvalue weighted by molar-refractivity contribution is -0.126. The first kappa shape index (κ1) is 20.6. The van der Waals surface area contributed by atoms with Gasteiger partial charge in [-0.25, -0.2) is 0 Å². The van der Waals surface area contributed by atoms with Crippen LogP contribution in [0.1, 0.15) is 73.7 Å². The van der Waals surface area contributed by atoms with E-state index in [2.05, 4.69) is 16.8 Å². The van der Waals surface area contributed by atoms with Crippen LogP contribution in [0.25, 0.3) is 0 Å². The third-order valence-electron chi connectivity index (χ3n) is 7.42. The van der Waals surface area contributed by atoms with Crippen LogP contribution >= 0.6 is 0 Å². The zero-order chi connectivity index (χ0) is 21.4. The van der Waals surface area contributed by atoms with Gasteiger partial charge in [-0.15, -0.1) is 0 Å². The average molecular weight is 424 g/mol. The van der Waals surface area contributed by atoms with Crippen LogP contribution in [0.3, 0.4) is 0 Å². The monoisotopic (exact) mass is 423 g/mol. The quantitative estimate of drug-likeness (QED) is 0.804. The zero-order valence-corrected chi connectivity index (χ0v) is 18.3. The Hall–Kier alpha value is -2.34. The van der Waals surface area contributed by atoms with Gasteiger partial charge in [0.2, 0.25) is 5.91 Å². The zero-order valence-electron chi connectivity index (χ0n) is 18.3. The molecule has 3 heterocycles. The molecular formula is C25H33N3O3. The second kappa shape index (κ2) is 8.65. The second-order valence-corrected chi connectivity index (χ2v) is 9.50. The summed E-state index contributed by atoms with van der Waals surface area (Å²) in [7, 11) is 0. The molecule has 0 bridgehead atoms. The van der Waals surface area contributed by atoms with Gasteiger partial charge in [0, 0.05) is 23.8 Å². The van der Waals surface area contributed by atoms with Gasteiger partial charge >= 0.3 is 0 Å². The molecule has 1 aromatic rings. The molecule has 3 aliphatic heterocycles. The lowest BCUT2D eigenvalue weighted by Gasteiger charge is -2.41. The van der Waals surface area contributed by atoms with E-state index in [1.165, 1.54) is 51.6 Å². The van der Waals surface area contributed by atoms with Crippen LogP contribution in [0.4, 0.5) is 0 Å². The Morgan fingerprint density at radius 1 is 1.00 bits per heavy atom. The minimum atomic E-state index is -0.420. The molecule has 3 unspecified atom stereocenters. The van der Waals surface area contributed by atoms with Gasteiger partial charge in [0.1, 0.15) is 17.9 Å². The Kier molecular flexibility index (Phi) is 5.74. The Morgan fingerprint density at radius 3 is 2.61 bits per heavy atom. The number of amides is 2. The molecule has 6 heteroatoms. The van der Waals surface area contributed by atoms with Crippen molar-refractivity contribution in [1.29, 1.82) is 0 Å². The number of likely N-dealkylation sites (tertiary alicyclic amines) is 1. The molecule has 5 rings (SSSR count). The van der Waals surface area contributed by atoms with Crippen LogP contribution < -0.4 is 10.1 Å². The Bertz CT molecular complexity index is 877. The van der Waals surface area contributed by atoms with Crippen molar-refractivity contribution < 1.29 is 14.3 Å². The lowest BCUT2D eigenvalue weighted by Crippen LogP contribution is -2.49. The third-order valence-corrected chi connectivity index (χ3v) is 7.42. The van der Waals surface area contributed by atoms with Gasteiger partial charge in [0.15, 0.2) is 0 Å². The highest BCUT2D eigenvalue weighted by Gasteiger charge is 2.38. The highest BCUT2D eigenvalue weighted by molar-refractivity contribution is 6.01. The third kappa shape index (κ3) is 4.10. The molecule has 0 radical (unpaired) electrons. The summed E-state index contributed by atoms with van der Waals surface area (Å²) in [6.45, 7) is 6.68. The Labute approximate surface area is 184 Å². The molecule has 1 aromatic carbocycles. The fourth-order valence-electron chi connectivity index (χ4n) is 5.76. The van der Waals surface area contributed by atoms with E-state index in [4.69, 9.17) is 4.74 Å². The standard InChI is InChI=1S/C25H33N3O3/c1-17-9-12-22(24(29)26-17)28-16-18-15-19(10-11-20(18)25(28)30)31-23-8-4-3-7-21(23)27-13-5-2-6-14-27/h10-11,15,21-23H,1-9,12-14,16H2,(H,26,29). The van der Waals surface area contributed by atoms with E-state index in [9.17, 15) is 9.59 Å². The number of nitrogens with one attached hydrogen (secondary N) is 1. The molecule has 4 aliphatic rings. The fraction of sp³-hybridized carbons (Fsp3) is 0.600. The maximum Gasteiger partial charge on any atom is 0.255 e. The summed E-state index contributed by atoms with van der Waals surface area (Å²) in [6.07, 6.45) is 10.3. The number of carbonyl (C=O) groups excluding carboxylic acids is 2. The number of piperidine rings is 2. The second-order valence-electron chi connectivity index (χ2n) is 9.50. The SMILES string of the molecule is C=C1CCC(N2Cc3cc(OC4CCCCC4N4CCCCC4)ccc3C2=O)C(=O)N1. The van der Waals surface area contributed by atoms with E-state index in [0.29, 0.717) is 31.0 Å². The van der Waals surface area contributed by atoms with Crippen molar-refractivity contribution in [2.45, 2.75) is 82.5 Å². The largest absolute Gasteiger partial charge is 0.489 e. The van der Waals surface area contributed by atoms with Gasteiger partial charge in [-0.2, -0.15) is 0 Å². The van der Waals surface area contributed by atoms with E-state index >= 15 is 0 Å². The summed E-state index contributed by atoms with van der Waals surface area (Å²) >= 11 is 0. The van der Waals surface area contributed by atoms with Crippen LogP contribution in [-0.2, 0) is 11.3 Å². The van der Waals surface area contributed by atoms with Gasteiger partial charge in [0.05, 0.1) is 0 Å². The number of nitrogens with zero attached hydrogens (tertiary/aromatic N) is 2. The molecular weight excluding hydrogens is 390 g/mol. The number of hydrogen-bond acceptors (Lipinski definition) is 4. The highest BCUT2D eigenvalue weighted by atomic mass is 16.5. The first-order chi connectivity index (χ1) is 15.1. The van der Waals surface area contributed by atoms with Gasteiger partial charge in [-0.3, -0.25) is 14.5 Å². The normalized spacial score (nSPS) is 29.6. The molecule has 0 aromatic heterocycles. The number of allylic oxidation sites excluding steroid dienone is 1. The molecule has 1 N–H and O–H groups in total. The first-order valence-electron chi connectivity index (χ1n) is 11.9. The average Bonchev–Trinajstić information content (AvgIpc) is 3.10. The van der Waals surface area contributed by atoms with Crippen LogP contribution in [0, 0.1) is 0 Å². The van der Waals surface area contributed by atoms with Crippen LogP contribution in [-0.4, -0.2) is 52.9 Å². The van der Waals surface area contributed by atoms with Crippen molar-refractivity contribution in [3.63, 3.8) is 0 Å².